The molecule has 0 heterocycles. The summed E-state index contributed by atoms with van der Waals surface area (Å²) in [5.41, 5.74) is 2.24. The molecule has 1 rings (SSSR count). The number of aryl methyl sites for hydroxylation is 1. The second-order valence-electron chi connectivity index (χ2n) is 3.34. The summed E-state index contributed by atoms with van der Waals surface area (Å²) < 4.78 is 1.07. The van der Waals surface area contributed by atoms with E-state index in [-0.39, 0.29) is 6.04 Å². The molecule has 1 aromatic rings. The molecule has 0 radical (unpaired) electrons. The lowest BCUT2D eigenvalue weighted by Crippen LogP contribution is -2.14. The van der Waals surface area contributed by atoms with Gasteiger partial charge in [0.25, 0.3) is 0 Å². The van der Waals surface area contributed by atoms with Crippen LogP contribution in [-0.2, 0) is 0 Å². The molecule has 0 saturated carbocycles. The molecule has 0 spiro atoms. The van der Waals surface area contributed by atoms with E-state index in [1.165, 1.54) is 5.56 Å². The van der Waals surface area contributed by atoms with Crippen LogP contribution in [0.15, 0.2) is 22.7 Å². The zero-order valence-electron chi connectivity index (χ0n) is 8.34. The topological polar surface area (TPSA) is 35.8 Å². The molecule has 0 saturated heterocycles. The average molecular weight is 253 g/mol. The molecule has 14 heavy (non-hydrogen) atoms. The van der Waals surface area contributed by atoms with Crippen LogP contribution in [0.25, 0.3) is 0 Å². The lowest BCUT2D eigenvalue weighted by Gasteiger charge is -2.14. The Kier molecular flexibility index (Phi) is 3.97. The number of hydrogen-bond acceptors (Lipinski definition) is 2. The molecule has 0 aromatic heterocycles. The molecule has 3 heteroatoms. The first-order valence-corrected chi connectivity index (χ1v) is 5.33. The number of benzene rings is 1. The Bertz CT molecular complexity index is 355. The number of nitriles is 1. The fourth-order valence-corrected chi connectivity index (χ4v) is 1.59. The highest BCUT2D eigenvalue weighted by atomic mass is 79.9. The van der Waals surface area contributed by atoms with Crippen LogP contribution in [0.5, 0.6) is 0 Å². The van der Waals surface area contributed by atoms with E-state index in [0.717, 1.165) is 10.2 Å². The van der Waals surface area contributed by atoms with Gasteiger partial charge in [0.05, 0.1) is 12.5 Å². The van der Waals surface area contributed by atoms with E-state index in [1.807, 2.05) is 32.0 Å². The molecule has 0 aliphatic heterocycles. The highest BCUT2D eigenvalue weighted by molar-refractivity contribution is 9.10. The van der Waals surface area contributed by atoms with Gasteiger partial charge in [0.2, 0.25) is 0 Å². The van der Waals surface area contributed by atoms with Gasteiger partial charge in [-0.05, 0) is 41.4 Å². The third kappa shape index (κ3) is 2.74. The number of rotatable bonds is 3. The summed E-state index contributed by atoms with van der Waals surface area (Å²) in [5.74, 6) is 0. The van der Waals surface area contributed by atoms with Crippen molar-refractivity contribution in [3.05, 3.63) is 28.2 Å². The van der Waals surface area contributed by atoms with E-state index in [0.29, 0.717) is 6.42 Å². The fourth-order valence-electron chi connectivity index (χ4n) is 1.21. The van der Waals surface area contributed by atoms with Crippen molar-refractivity contribution < 1.29 is 0 Å². The minimum absolute atomic E-state index is 0.179. The summed E-state index contributed by atoms with van der Waals surface area (Å²) in [6.07, 6.45) is 0.514. The van der Waals surface area contributed by atoms with Gasteiger partial charge in [0.1, 0.15) is 0 Å². The van der Waals surface area contributed by atoms with Crippen molar-refractivity contribution >= 4 is 21.6 Å². The molecule has 1 aromatic carbocycles. The van der Waals surface area contributed by atoms with E-state index < -0.39 is 0 Å². The molecule has 1 N–H and O–H groups in total. The second kappa shape index (κ2) is 5.02. The van der Waals surface area contributed by atoms with Gasteiger partial charge in [0, 0.05) is 16.2 Å². The Morgan fingerprint density at radius 2 is 2.29 bits per heavy atom. The molecule has 0 aliphatic rings. The lowest BCUT2D eigenvalue weighted by atomic mass is 10.2. The van der Waals surface area contributed by atoms with E-state index in [9.17, 15) is 0 Å². The molecule has 0 amide bonds. The van der Waals surface area contributed by atoms with Gasteiger partial charge in [-0.25, -0.2) is 0 Å². The van der Waals surface area contributed by atoms with Crippen LogP contribution in [0.3, 0.4) is 0 Å². The molecule has 74 valence electrons. The minimum atomic E-state index is 0.179. The van der Waals surface area contributed by atoms with Crippen LogP contribution in [-0.4, -0.2) is 6.04 Å². The molecule has 0 bridgehead atoms. The molecule has 0 aliphatic carbocycles. The minimum Gasteiger partial charge on any atom is -0.381 e. The maximum Gasteiger partial charge on any atom is 0.0643 e. The van der Waals surface area contributed by atoms with Crippen molar-refractivity contribution in [3.63, 3.8) is 0 Å². The standard InChI is InChI=1S/C11H13BrN2/c1-8-4-3-5-10(11(8)12)14-9(2)6-7-13/h3-5,9,14H,6H2,1-2H3. The maximum atomic E-state index is 8.54. The summed E-state index contributed by atoms with van der Waals surface area (Å²) in [7, 11) is 0. The molecule has 2 nitrogen and oxygen atoms in total. The molecule has 1 atom stereocenters. The molecular weight excluding hydrogens is 240 g/mol. The first-order valence-electron chi connectivity index (χ1n) is 4.53. The summed E-state index contributed by atoms with van der Waals surface area (Å²) in [6.45, 7) is 4.04. The molecule has 0 fully saturated rings. The van der Waals surface area contributed by atoms with Crippen LogP contribution in [0.1, 0.15) is 18.9 Å². The Labute approximate surface area is 93.1 Å². The third-order valence-electron chi connectivity index (χ3n) is 1.99. The van der Waals surface area contributed by atoms with Gasteiger partial charge >= 0.3 is 0 Å². The zero-order valence-corrected chi connectivity index (χ0v) is 9.93. The van der Waals surface area contributed by atoms with Gasteiger partial charge in [-0.15, -0.1) is 0 Å². The predicted molar refractivity (Wildman–Crippen MR) is 62.2 cm³/mol. The molecular formula is C11H13BrN2. The van der Waals surface area contributed by atoms with Crippen molar-refractivity contribution in [1.29, 1.82) is 5.26 Å². The van der Waals surface area contributed by atoms with Gasteiger partial charge in [-0.3, -0.25) is 0 Å². The zero-order chi connectivity index (χ0) is 10.6. The van der Waals surface area contributed by atoms with Crippen LogP contribution in [0.2, 0.25) is 0 Å². The van der Waals surface area contributed by atoms with E-state index in [2.05, 4.69) is 27.3 Å². The quantitative estimate of drug-likeness (QED) is 0.895. The third-order valence-corrected chi connectivity index (χ3v) is 3.04. The lowest BCUT2D eigenvalue weighted by molar-refractivity contribution is 0.820. The summed E-state index contributed by atoms with van der Waals surface area (Å²) in [5, 5.41) is 11.8. The highest BCUT2D eigenvalue weighted by Gasteiger charge is 2.05. The summed E-state index contributed by atoms with van der Waals surface area (Å²) in [6, 6.07) is 8.38. The van der Waals surface area contributed by atoms with Crippen molar-refractivity contribution in [1.82, 2.24) is 0 Å². The second-order valence-corrected chi connectivity index (χ2v) is 4.14. The number of hydrogen-bond donors (Lipinski definition) is 1. The Balaban J connectivity index is 2.77. The van der Waals surface area contributed by atoms with Crippen LogP contribution < -0.4 is 5.32 Å². The Hall–Kier alpha value is -1.01. The van der Waals surface area contributed by atoms with E-state index >= 15 is 0 Å². The van der Waals surface area contributed by atoms with E-state index in [1.54, 1.807) is 0 Å². The van der Waals surface area contributed by atoms with Gasteiger partial charge in [-0.2, -0.15) is 5.26 Å². The van der Waals surface area contributed by atoms with Gasteiger partial charge in [-0.1, -0.05) is 12.1 Å². The Morgan fingerprint density at radius 1 is 1.57 bits per heavy atom. The maximum absolute atomic E-state index is 8.54. The predicted octanol–water partition coefficient (Wildman–Crippen LogP) is 3.47. The number of halogens is 1. The smallest absolute Gasteiger partial charge is 0.0643 e. The summed E-state index contributed by atoms with van der Waals surface area (Å²) in [4.78, 5) is 0. The summed E-state index contributed by atoms with van der Waals surface area (Å²) >= 11 is 3.51. The molecule has 1 unspecified atom stereocenters. The van der Waals surface area contributed by atoms with E-state index in [4.69, 9.17) is 5.26 Å². The van der Waals surface area contributed by atoms with Crippen LogP contribution >= 0.6 is 15.9 Å². The Morgan fingerprint density at radius 3 is 2.93 bits per heavy atom. The highest BCUT2D eigenvalue weighted by Crippen LogP contribution is 2.26. The first-order chi connectivity index (χ1) is 6.65. The van der Waals surface area contributed by atoms with Gasteiger partial charge in [0.15, 0.2) is 0 Å². The van der Waals surface area contributed by atoms with Gasteiger partial charge < -0.3 is 5.32 Å². The van der Waals surface area contributed by atoms with Crippen LogP contribution in [0.4, 0.5) is 5.69 Å². The number of anilines is 1. The largest absolute Gasteiger partial charge is 0.381 e. The van der Waals surface area contributed by atoms with Crippen molar-refractivity contribution in [2.45, 2.75) is 26.3 Å². The SMILES string of the molecule is Cc1cccc(NC(C)CC#N)c1Br. The normalized spacial score (nSPS) is 11.9. The monoisotopic (exact) mass is 252 g/mol. The first kappa shape index (κ1) is 11.1. The average Bonchev–Trinajstić information content (AvgIpc) is 2.13. The van der Waals surface area contributed by atoms with Crippen molar-refractivity contribution in [3.8, 4) is 6.07 Å². The number of nitrogens with zero attached hydrogens (tertiary/aromatic N) is 1. The van der Waals surface area contributed by atoms with Crippen molar-refractivity contribution in [2.75, 3.05) is 5.32 Å². The van der Waals surface area contributed by atoms with Crippen molar-refractivity contribution in [2.24, 2.45) is 0 Å². The van der Waals surface area contributed by atoms with Crippen LogP contribution in [0, 0.1) is 18.3 Å². The fraction of sp³-hybridized carbons (Fsp3) is 0.364. The number of nitrogens with one attached hydrogen (secondary N) is 1.